The summed E-state index contributed by atoms with van der Waals surface area (Å²) in [6.45, 7) is 2.20. The number of pyridine rings is 1. The lowest BCUT2D eigenvalue weighted by atomic mass is 10.1. The fourth-order valence-electron chi connectivity index (χ4n) is 1.72. The van der Waals surface area contributed by atoms with Gasteiger partial charge in [-0.3, -0.25) is 0 Å². The summed E-state index contributed by atoms with van der Waals surface area (Å²) >= 11 is 5.95. The van der Waals surface area contributed by atoms with Crippen LogP contribution >= 0.6 is 11.6 Å². The van der Waals surface area contributed by atoms with Crippen molar-refractivity contribution < 1.29 is 14.6 Å². The zero-order chi connectivity index (χ0) is 12.3. The molecule has 17 heavy (non-hydrogen) atoms. The maximum atomic E-state index is 10.9. The summed E-state index contributed by atoms with van der Waals surface area (Å²) in [7, 11) is 0. The van der Waals surface area contributed by atoms with Crippen LogP contribution in [-0.2, 0) is 4.74 Å². The van der Waals surface area contributed by atoms with E-state index in [9.17, 15) is 4.79 Å². The smallest absolute Gasteiger partial charge is 0.337 e. The number of hydrogen-bond acceptors (Lipinski definition) is 4. The second-order valence-electron chi connectivity index (χ2n) is 3.94. The zero-order valence-electron chi connectivity index (χ0n) is 9.15. The Morgan fingerprint density at radius 3 is 3.18 bits per heavy atom. The van der Waals surface area contributed by atoms with Gasteiger partial charge in [0.15, 0.2) is 0 Å². The van der Waals surface area contributed by atoms with E-state index in [-0.39, 0.29) is 10.6 Å². The number of hydrogen-bond donors (Lipinski definition) is 2. The molecule has 1 fully saturated rings. The molecule has 2 N–H and O–H groups in total. The summed E-state index contributed by atoms with van der Waals surface area (Å²) in [6.07, 6.45) is 2.44. The van der Waals surface area contributed by atoms with Gasteiger partial charge in [0.2, 0.25) is 0 Å². The van der Waals surface area contributed by atoms with Gasteiger partial charge in [-0.25, -0.2) is 9.78 Å². The van der Waals surface area contributed by atoms with E-state index < -0.39 is 5.97 Å². The molecule has 1 atom stereocenters. The number of carbonyl (C=O) groups is 1. The van der Waals surface area contributed by atoms with Crippen LogP contribution in [0.5, 0.6) is 0 Å². The van der Waals surface area contributed by atoms with E-state index in [0.29, 0.717) is 18.3 Å². The highest BCUT2D eigenvalue weighted by molar-refractivity contribution is 6.35. The highest BCUT2D eigenvalue weighted by Gasteiger charge is 2.17. The standard InChI is InChI=1S/C11H13ClN2O3/c12-9-8(11(15)16)1-3-13-10(9)14-5-7-2-4-17-6-7/h1,3,7H,2,4-6H2,(H,13,14)(H,15,16). The molecule has 5 nitrogen and oxygen atoms in total. The number of nitrogens with zero attached hydrogens (tertiary/aromatic N) is 1. The fourth-order valence-corrected chi connectivity index (χ4v) is 1.98. The molecule has 0 radical (unpaired) electrons. The van der Waals surface area contributed by atoms with Gasteiger partial charge in [0.25, 0.3) is 0 Å². The number of aromatic carboxylic acids is 1. The third kappa shape index (κ3) is 2.87. The van der Waals surface area contributed by atoms with E-state index in [1.165, 1.54) is 12.3 Å². The van der Waals surface area contributed by atoms with Crippen molar-refractivity contribution in [3.05, 3.63) is 22.8 Å². The molecule has 0 aromatic carbocycles. The van der Waals surface area contributed by atoms with E-state index in [1.54, 1.807) is 0 Å². The third-order valence-corrected chi connectivity index (χ3v) is 3.08. The molecular formula is C11H13ClN2O3. The Morgan fingerprint density at radius 2 is 2.53 bits per heavy atom. The largest absolute Gasteiger partial charge is 0.478 e. The first-order valence-electron chi connectivity index (χ1n) is 5.38. The lowest BCUT2D eigenvalue weighted by molar-refractivity contribution is 0.0697. The van der Waals surface area contributed by atoms with Crippen molar-refractivity contribution in [2.45, 2.75) is 6.42 Å². The van der Waals surface area contributed by atoms with Crippen LogP contribution < -0.4 is 5.32 Å². The molecule has 92 valence electrons. The average molecular weight is 257 g/mol. The van der Waals surface area contributed by atoms with Crippen LogP contribution in [0.4, 0.5) is 5.82 Å². The van der Waals surface area contributed by atoms with Crippen LogP contribution in [0.2, 0.25) is 5.02 Å². The second-order valence-corrected chi connectivity index (χ2v) is 4.31. The van der Waals surface area contributed by atoms with Gasteiger partial charge >= 0.3 is 5.97 Å². The molecule has 2 heterocycles. The Bertz CT molecular complexity index is 419. The average Bonchev–Trinajstić information content (AvgIpc) is 2.80. The molecule has 0 aliphatic carbocycles. The number of anilines is 1. The predicted octanol–water partition coefficient (Wildman–Crippen LogP) is 1.88. The monoisotopic (exact) mass is 256 g/mol. The van der Waals surface area contributed by atoms with Gasteiger partial charge in [-0.2, -0.15) is 0 Å². The molecule has 1 aromatic rings. The van der Waals surface area contributed by atoms with Crippen molar-refractivity contribution >= 4 is 23.4 Å². The zero-order valence-corrected chi connectivity index (χ0v) is 9.91. The van der Waals surface area contributed by atoms with Crippen LogP contribution in [0.15, 0.2) is 12.3 Å². The molecule has 6 heteroatoms. The van der Waals surface area contributed by atoms with Gasteiger partial charge in [-0.1, -0.05) is 11.6 Å². The number of nitrogens with one attached hydrogen (secondary N) is 1. The molecule has 1 aromatic heterocycles. The number of carboxylic acid groups (broad SMARTS) is 1. The summed E-state index contributed by atoms with van der Waals surface area (Å²) in [5.41, 5.74) is 0.0619. The van der Waals surface area contributed by atoms with Crippen LogP contribution in [-0.4, -0.2) is 35.8 Å². The Hall–Kier alpha value is -1.33. The van der Waals surface area contributed by atoms with E-state index >= 15 is 0 Å². The molecule has 0 bridgehead atoms. The van der Waals surface area contributed by atoms with E-state index in [0.717, 1.165) is 19.6 Å². The fraction of sp³-hybridized carbons (Fsp3) is 0.455. The number of halogens is 1. The summed E-state index contributed by atoms with van der Waals surface area (Å²) in [5.74, 6) is -0.204. The Balaban J connectivity index is 2.04. The Labute approximate surface area is 104 Å². The van der Waals surface area contributed by atoms with Crippen molar-refractivity contribution in [3.63, 3.8) is 0 Å². The number of ether oxygens (including phenoxy) is 1. The molecule has 1 unspecified atom stereocenters. The SMILES string of the molecule is O=C(O)c1ccnc(NCC2CCOC2)c1Cl. The van der Waals surface area contributed by atoms with Gasteiger partial charge < -0.3 is 15.2 Å². The minimum absolute atomic E-state index is 0.0619. The van der Waals surface area contributed by atoms with Gasteiger partial charge in [-0.15, -0.1) is 0 Å². The quantitative estimate of drug-likeness (QED) is 0.861. The highest BCUT2D eigenvalue weighted by atomic mass is 35.5. The minimum atomic E-state index is -1.05. The summed E-state index contributed by atoms with van der Waals surface area (Å²) in [6, 6.07) is 1.38. The van der Waals surface area contributed by atoms with Crippen molar-refractivity contribution in [1.82, 2.24) is 4.98 Å². The first-order valence-corrected chi connectivity index (χ1v) is 5.75. The molecule has 0 saturated carbocycles. The lowest BCUT2D eigenvalue weighted by Gasteiger charge is -2.11. The number of rotatable bonds is 4. The van der Waals surface area contributed by atoms with Crippen molar-refractivity contribution in [3.8, 4) is 0 Å². The van der Waals surface area contributed by atoms with E-state index in [1.807, 2.05) is 0 Å². The molecule has 0 amide bonds. The molecule has 1 aliphatic heterocycles. The van der Waals surface area contributed by atoms with Gasteiger partial charge in [0.05, 0.1) is 17.2 Å². The molecular weight excluding hydrogens is 244 g/mol. The van der Waals surface area contributed by atoms with Crippen LogP contribution in [0.1, 0.15) is 16.8 Å². The first kappa shape index (κ1) is 12.1. The summed E-state index contributed by atoms with van der Waals surface area (Å²) in [4.78, 5) is 14.9. The Kier molecular flexibility index (Phi) is 3.81. The molecule has 1 saturated heterocycles. The van der Waals surface area contributed by atoms with Crippen LogP contribution in [0.25, 0.3) is 0 Å². The molecule has 2 rings (SSSR count). The second kappa shape index (κ2) is 5.33. The Morgan fingerprint density at radius 1 is 1.71 bits per heavy atom. The normalized spacial score (nSPS) is 19.2. The maximum absolute atomic E-state index is 10.9. The van der Waals surface area contributed by atoms with E-state index in [4.69, 9.17) is 21.4 Å². The topological polar surface area (TPSA) is 71.5 Å². The predicted molar refractivity (Wildman–Crippen MR) is 63.6 cm³/mol. The van der Waals surface area contributed by atoms with Crippen LogP contribution in [0.3, 0.4) is 0 Å². The maximum Gasteiger partial charge on any atom is 0.337 e. The van der Waals surface area contributed by atoms with Crippen LogP contribution in [0, 0.1) is 5.92 Å². The molecule has 0 spiro atoms. The van der Waals surface area contributed by atoms with Gasteiger partial charge in [0.1, 0.15) is 5.82 Å². The lowest BCUT2D eigenvalue weighted by Crippen LogP contribution is -2.15. The summed E-state index contributed by atoms with van der Waals surface area (Å²) < 4.78 is 5.25. The number of carboxylic acids is 1. The van der Waals surface area contributed by atoms with Gasteiger partial charge in [-0.05, 0) is 12.5 Å². The molecule has 1 aliphatic rings. The first-order chi connectivity index (χ1) is 8.18. The minimum Gasteiger partial charge on any atom is -0.478 e. The highest BCUT2D eigenvalue weighted by Crippen LogP contribution is 2.24. The summed E-state index contributed by atoms with van der Waals surface area (Å²) in [5, 5.41) is 12.1. The third-order valence-electron chi connectivity index (χ3n) is 2.70. The van der Waals surface area contributed by atoms with Crippen molar-refractivity contribution in [1.29, 1.82) is 0 Å². The number of aromatic nitrogens is 1. The van der Waals surface area contributed by atoms with Crippen molar-refractivity contribution in [2.75, 3.05) is 25.1 Å². The van der Waals surface area contributed by atoms with Gasteiger partial charge in [0, 0.05) is 25.3 Å². The van der Waals surface area contributed by atoms with E-state index in [2.05, 4.69) is 10.3 Å². The van der Waals surface area contributed by atoms with Crippen molar-refractivity contribution in [2.24, 2.45) is 5.92 Å².